The Balaban J connectivity index is 1.63. The second kappa shape index (κ2) is 8.79. The van der Waals surface area contributed by atoms with E-state index in [1.165, 1.54) is 6.20 Å². The summed E-state index contributed by atoms with van der Waals surface area (Å²) < 4.78 is 78.4. The molecule has 1 aliphatic heterocycles. The van der Waals surface area contributed by atoms with Gasteiger partial charge < -0.3 is 15.4 Å². The maximum atomic E-state index is 14.2. The Bertz CT molecular complexity index is 1130. The van der Waals surface area contributed by atoms with Gasteiger partial charge in [0, 0.05) is 30.5 Å². The van der Waals surface area contributed by atoms with Gasteiger partial charge in [0.15, 0.2) is 0 Å². The van der Waals surface area contributed by atoms with E-state index < -0.39 is 46.2 Å². The molecule has 1 aromatic carbocycles. The number of amides is 1. The number of rotatable bonds is 6. The molecule has 0 spiro atoms. The second-order valence-corrected chi connectivity index (χ2v) is 7.77. The fourth-order valence-electron chi connectivity index (χ4n) is 2.99. The van der Waals surface area contributed by atoms with Gasteiger partial charge in [-0.3, -0.25) is 4.79 Å². The molecule has 12 heteroatoms. The van der Waals surface area contributed by atoms with Gasteiger partial charge in [-0.2, -0.15) is 17.5 Å². The minimum Gasteiger partial charge on any atom is -0.481 e. The number of pyridine rings is 1. The van der Waals surface area contributed by atoms with Crippen molar-refractivity contribution in [3.63, 3.8) is 0 Å². The van der Waals surface area contributed by atoms with Gasteiger partial charge in [0.2, 0.25) is 5.06 Å². The van der Waals surface area contributed by atoms with Crippen molar-refractivity contribution in [2.24, 2.45) is 5.92 Å². The molecule has 3 aromatic rings. The molecular formula is C20H15F5N4O2S. The van der Waals surface area contributed by atoms with E-state index in [9.17, 15) is 26.7 Å². The van der Waals surface area contributed by atoms with Gasteiger partial charge >= 0.3 is 6.18 Å². The zero-order valence-electron chi connectivity index (χ0n) is 16.2. The number of hydrogen-bond donors (Lipinski definition) is 2. The highest BCUT2D eigenvalue weighted by atomic mass is 32.1. The van der Waals surface area contributed by atoms with Crippen molar-refractivity contribution in [2.75, 3.05) is 25.0 Å². The van der Waals surface area contributed by atoms with Crippen LogP contribution in [0.3, 0.4) is 0 Å². The molecule has 6 nitrogen and oxygen atoms in total. The zero-order chi connectivity index (χ0) is 22.9. The quantitative estimate of drug-likeness (QED) is 0.524. The first-order chi connectivity index (χ1) is 15.2. The van der Waals surface area contributed by atoms with E-state index in [2.05, 4.69) is 20.0 Å². The Kier molecular flexibility index (Phi) is 6.07. The standard InChI is InChI=1S/C20H15F5N4O2S/c21-12-2-1-3-13(22)16(12)17-11(20(23,24)25)4-5-14(28-17)18(30)29-15-8-27-32-19(15)31-9-10-6-26-7-10/h1-5,8,10,26H,6-7,9H2,(H,29,30). The van der Waals surface area contributed by atoms with Crippen LogP contribution in [0.2, 0.25) is 0 Å². The highest BCUT2D eigenvalue weighted by Crippen LogP contribution is 2.38. The summed E-state index contributed by atoms with van der Waals surface area (Å²) >= 11 is 0.997. The predicted octanol–water partition coefficient (Wildman–Crippen LogP) is 4.35. The summed E-state index contributed by atoms with van der Waals surface area (Å²) in [5.74, 6) is -3.02. The van der Waals surface area contributed by atoms with Crippen LogP contribution in [-0.4, -0.2) is 35.0 Å². The van der Waals surface area contributed by atoms with Crippen LogP contribution in [0, 0.1) is 17.6 Å². The number of alkyl halides is 3. The summed E-state index contributed by atoms with van der Waals surface area (Å²) in [4.78, 5) is 16.3. The number of benzene rings is 1. The van der Waals surface area contributed by atoms with E-state index in [1.807, 2.05) is 0 Å². The van der Waals surface area contributed by atoms with Crippen LogP contribution in [-0.2, 0) is 6.18 Å². The lowest BCUT2D eigenvalue weighted by molar-refractivity contribution is -0.137. The first-order valence-electron chi connectivity index (χ1n) is 9.36. The maximum Gasteiger partial charge on any atom is 0.418 e. The molecule has 32 heavy (non-hydrogen) atoms. The van der Waals surface area contributed by atoms with Gasteiger partial charge in [-0.15, -0.1) is 0 Å². The molecule has 0 radical (unpaired) electrons. The Morgan fingerprint density at radius 1 is 1.19 bits per heavy atom. The molecule has 1 amide bonds. The van der Waals surface area contributed by atoms with Crippen LogP contribution in [0.1, 0.15) is 16.1 Å². The van der Waals surface area contributed by atoms with Crippen LogP contribution in [0.15, 0.2) is 36.5 Å². The van der Waals surface area contributed by atoms with Crippen molar-refractivity contribution in [3.8, 4) is 16.3 Å². The molecule has 0 unspecified atom stereocenters. The van der Waals surface area contributed by atoms with Crippen LogP contribution in [0.25, 0.3) is 11.3 Å². The third-order valence-corrected chi connectivity index (χ3v) is 5.45. The molecule has 1 aliphatic rings. The SMILES string of the molecule is O=C(Nc1cnsc1OCC1CNC1)c1ccc(C(F)(F)F)c(-c2c(F)cccc2F)n1. The molecule has 1 fully saturated rings. The van der Waals surface area contributed by atoms with Gasteiger partial charge in [0.05, 0.1) is 29.6 Å². The van der Waals surface area contributed by atoms with Gasteiger partial charge in [0.25, 0.3) is 5.91 Å². The molecular weight excluding hydrogens is 455 g/mol. The van der Waals surface area contributed by atoms with Crippen molar-refractivity contribution in [1.82, 2.24) is 14.7 Å². The number of carbonyl (C=O) groups is 1. The fraction of sp³-hybridized carbons (Fsp3) is 0.250. The number of nitrogens with one attached hydrogen (secondary N) is 2. The van der Waals surface area contributed by atoms with Crippen molar-refractivity contribution >= 4 is 23.1 Å². The Morgan fingerprint density at radius 2 is 1.91 bits per heavy atom. The lowest BCUT2D eigenvalue weighted by Crippen LogP contribution is -2.45. The van der Waals surface area contributed by atoms with E-state index in [1.54, 1.807) is 0 Å². The lowest BCUT2D eigenvalue weighted by atomic mass is 10.0. The lowest BCUT2D eigenvalue weighted by Gasteiger charge is -2.26. The smallest absolute Gasteiger partial charge is 0.418 e. The van der Waals surface area contributed by atoms with E-state index >= 15 is 0 Å². The highest BCUT2D eigenvalue weighted by molar-refractivity contribution is 7.08. The largest absolute Gasteiger partial charge is 0.481 e. The Labute approximate surface area is 182 Å². The molecule has 2 aromatic heterocycles. The number of halogens is 5. The first kappa shape index (κ1) is 22.1. The molecule has 2 N–H and O–H groups in total. The number of ether oxygens (including phenoxy) is 1. The molecule has 4 rings (SSSR count). The van der Waals surface area contributed by atoms with E-state index in [0.717, 1.165) is 48.9 Å². The number of aromatic nitrogens is 2. The average molecular weight is 470 g/mol. The molecule has 0 saturated carbocycles. The average Bonchev–Trinajstić information content (AvgIpc) is 3.12. The Morgan fingerprint density at radius 3 is 2.53 bits per heavy atom. The van der Waals surface area contributed by atoms with Crippen molar-refractivity contribution < 1.29 is 31.5 Å². The minimum atomic E-state index is -4.94. The summed E-state index contributed by atoms with van der Waals surface area (Å²) in [6.07, 6.45) is -3.61. The maximum absolute atomic E-state index is 14.2. The molecule has 0 atom stereocenters. The van der Waals surface area contributed by atoms with Crippen LogP contribution >= 0.6 is 11.5 Å². The van der Waals surface area contributed by atoms with Gasteiger partial charge in [0.1, 0.15) is 23.0 Å². The van der Waals surface area contributed by atoms with Gasteiger partial charge in [-0.05, 0) is 24.3 Å². The van der Waals surface area contributed by atoms with E-state index in [0.29, 0.717) is 23.7 Å². The number of anilines is 1. The summed E-state index contributed by atoms with van der Waals surface area (Å²) in [7, 11) is 0. The third-order valence-electron chi connectivity index (χ3n) is 4.73. The summed E-state index contributed by atoms with van der Waals surface area (Å²) in [5.41, 5.74) is -3.60. The number of nitrogens with zero attached hydrogens (tertiary/aromatic N) is 2. The highest BCUT2D eigenvalue weighted by Gasteiger charge is 2.36. The van der Waals surface area contributed by atoms with Crippen LogP contribution < -0.4 is 15.4 Å². The predicted molar refractivity (Wildman–Crippen MR) is 107 cm³/mol. The van der Waals surface area contributed by atoms with Crippen LogP contribution in [0.5, 0.6) is 5.06 Å². The van der Waals surface area contributed by atoms with Crippen molar-refractivity contribution in [3.05, 3.63) is 59.4 Å². The molecule has 168 valence electrons. The second-order valence-electron chi connectivity index (χ2n) is 7.00. The summed E-state index contributed by atoms with van der Waals surface area (Å²) in [6, 6.07) is 4.04. The molecule has 3 heterocycles. The zero-order valence-corrected chi connectivity index (χ0v) is 17.0. The third kappa shape index (κ3) is 4.55. The topological polar surface area (TPSA) is 76.1 Å². The monoisotopic (exact) mass is 470 g/mol. The van der Waals surface area contributed by atoms with Gasteiger partial charge in [-0.1, -0.05) is 6.07 Å². The molecule has 0 aliphatic carbocycles. The van der Waals surface area contributed by atoms with Crippen LogP contribution in [0.4, 0.5) is 27.6 Å². The van der Waals surface area contributed by atoms with Gasteiger partial charge in [-0.25, -0.2) is 13.8 Å². The molecule has 0 bridgehead atoms. The van der Waals surface area contributed by atoms with E-state index in [-0.39, 0.29) is 5.69 Å². The Hall–Kier alpha value is -3.12. The van der Waals surface area contributed by atoms with Crippen molar-refractivity contribution in [1.29, 1.82) is 0 Å². The minimum absolute atomic E-state index is 0.215. The van der Waals surface area contributed by atoms with Crippen molar-refractivity contribution in [2.45, 2.75) is 6.18 Å². The first-order valence-corrected chi connectivity index (χ1v) is 10.1. The number of carbonyl (C=O) groups excluding carboxylic acids is 1. The normalized spacial score (nSPS) is 14.2. The van der Waals surface area contributed by atoms with E-state index in [4.69, 9.17) is 4.74 Å². The number of hydrogen-bond acceptors (Lipinski definition) is 6. The summed E-state index contributed by atoms with van der Waals surface area (Å²) in [6.45, 7) is 2.03. The molecule has 1 saturated heterocycles. The summed E-state index contributed by atoms with van der Waals surface area (Å²) in [5, 5.41) is 5.90. The fourth-order valence-corrected chi connectivity index (χ4v) is 3.57.